The Labute approximate surface area is 228 Å². The summed E-state index contributed by atoms with van der Waals surface area (Å²) < 4.78 is 37.2. The number of pyridine rings is 1. The standard InChI is InChI=1S/C26H27ClF2N6O4/c1-15(24(36)33-21-12-32-23(13-30-21)39-20-6-5-16(28)9-19(20)29)34-7-8-35(26(2,3)14-34)25(37)17-11-31-22(38-4)10-18(17)27/h5-6,9-13,15H,7-8,14H2,1-4H3,(H,30,33,36). The molecule has 1 N–H and O–H groups in total. The Hall–Kier alpha value is -3.90. The second-order valence-electron chi connectivity index (χ2n) is 9.53. The number of carbonyl (C=O) groups excluding carboxylic acids is 2. The second kappa shape index (κ2) is 11.5. The van der Waals surface area contributed by atoms with Crippen molar-refractivity contribution in [2.45, 2.75) is 32.4 Å². The van der Waals surface area contributed by atoms with E-state index in [-0.39, 0.29) is 39.8 Å². The highest BCUT2D eigenvalue weighted by Gasteiger charge is 2.40. The van der Waals surface area contributed by atoms with Crippen LogP contribution in [0.15, 0.2) is 42.9 Å². The van der Waals surface area contributed by atoms with E-state index < -0.39 is 23.2 Å². The number of nitrogens with zero attached hydrogens (tertiary/aromatic N) is 5. The van der Waals surface area contributed by atoms with Gasteiger partial charge in [0.2, 0.25) is 17.7 Å². The molecule has 0 bridgehead atoms. The highest BCUT2D eigenvalue weighted by molar-refractivity contribution is 6.33. The van der Waals surface area contributed by atoms with E-state index in [2.05, 4.69) is 20.3 Å². The van der Waals surface area contributed by atoms with Gasteiger partial charge in [-0.15, -0.1) is 0 Å². The number of hydrogen-bond donors (Lipinski definition) is 1. The molecule has 3 heterocycles. The van der Waals surface area contributed by atoms with Gasteiger partial charge in [0.1, 0.15) is 5.82 Å². The van der Waals surface area contributed by atoms with E-state index in [1.54, 1.807) is 11.8 Å². The Morgan fingerprint density at radius 2 is 1.82 bits per heavy atom. The normalized spacial score (nSPS) is 15.9. The lowest BCUT2D eigenvalue weighted by Crippen LogP contribution is -2.63. The Morgan fingerprint density at radius 3 is 2.44 bits per heavy atom. The number of benzene rings is 1. The minimum atomic E-state index is -0.878. The third-order valence-electron chi connectivity index (χ3n) is 6.36. The summed E-state index contributed by atoms with van der Waals surface area (Å²) >= 11 is 6.30. The number of methoxy groups -OCH3 is 1. The van der Waals surface area contributed by atoms with E-state index in [9.17, 15) is 18.4 Å². The first-order valence-electron chi connectivity index (χ1n) is 12.0. The minimum Gasteiger partial charge on any atom is -0.481 e. The van der Waals surface area contributed by atoms with E-state index >= 15 is 0 Å². The van der Waals surface area contributed by atoms with E-state index in [4.69, 9.17) is 21.1 Å². The average molecular weight is 561 g/mol. The van der Waals surface area contributed by atoms with Crippen LogP contribution in [0.3, 0.4) is 0 Å². The summed E-state index contributed by atoms with van der Waals surface area (Å²) in [5, 5.41) is 2.95. The van der Waals surface area contributed by atoms with Crippen molar-refractivity contribution >= 4 is 29.2 Å². The fourth-order valence-corrected chi connectivity index (χ4v) is 4.45. The van der Waals surface area contributed by atoms with E-state index in [0.29, 0.717) is 31.6 Å². The summed E-state index contributed by atoms with van der Waals surface area (Å²) in [5.41, 5.74) is -0.334. The van der Waals surface area contributed by atoms with Crippen molar-refractivity contribution in [3.63, 3.8) is 0 Å². The molecular formula is C26H27ClF2N6O4. The molecular weight excluding hydrogens is 534 g/mol. The zero-order valence-electron chi connectivity index (χ0n) is 21.7. The molecule has 1 aliphatic rings. The number of aromatic nitrogens is 3. The predicted octanol–water partition coefficient (Wildman–Crippen LogP) is 4.17. The largest absolute Gasteiger partial charge is 0.481 e. The fraction of sp³-hybridized carbons (Fsp3) is 0.346. The van der Waals surface area contributed by atoms with Crippen molar-refractivity contribution in [3.05, 3.63) is 65.1 Å². The smallest absolute Gasteiger partial charge is 0.257 e. The lowest BCUT2D eigenvalue weighted by atomic mass is 9.96. The second-order valence-corrected chi connectivity index (χ2v) is 9.94. The van der Waals surface area contributed by atoms with Crippen LogP contribution in [-0.4, -0.2) is 74.9 Å². The van der Waals surface area contributed by atoms with Crippen molar-refractivity contribution in [3.8, 4) is 17.5 Å². The molecule has 0 radical (unpaired) electrons. The highest BCUT2D eigenvalue weighted by atomic mass is 35.5. The van der Waals surface area contributed by atoms with Gasteiger partial charge in [0, 0.05) is 38.0 Å². The van der Waals surface area contributed by atoms with Gasteiger partial charge in [-0.25, -0.2) is 23.7 Å². The number of ether oxygens (including phenoxy) is 2. The first kappa shape index (κ1) is 28.1. The topological polar surface area (TPSA) is 110 Å². The summed E-state index contributed by atoms with van der Waals surface area (Å²) in [4.78, 5) is 42.1. The maximum absolute atomic E-state index is 13.8. The lowest BCUT2D eigenvalue weighted by Gasteiger charge is -2.48. The van der Waals surface area contributed by atoms with Gasteiger partial charge in [0.15, 0.2) is 17.4 Å². The van der Waals surface area contributed by atoms with Crippen LogP contribution in [0.2, 0.25) is 5.02 Å². The molecule has 1 aromatic carbocycles. The quantitative estimate of drug-likeness (QED) is 0.458. The van der Waals surface area contributed by atoms with Crippen molar-refractivity contribution in [1.82, 2.24) is 24.8 Å². The van der Waals surface area contributed by atoms with Gasteiger partial charge in [0.25, 0.3) is 5.91 Å². The van der Waals surface area contributed by atoms with Crippen LogP contribution in [0.5, 0.6) is 17.5 Å². The molecule has 0 saturated carbocycles. The van der Waals surface area contributed by atoms with Gasteiger partial charge in [-0.3, -0.25) is 14.5 Å². The van der Waals surface area contributed by atoms with Crippen LogP contribution in [0, 0.1) is 11.6 Å². The molecule has 2 aromatic heterocycles. The van der Waals surface area contributed by atoms with Gasteiger partial charge in [-0.05, 0) is 32.9 Å². The highest BCUT2D eigenvalue weighted by Crippen LogP contribution is 2.28. The fourth-order valence-electron chi connectivity index (χ4n) is 4.23. The predicted molar refractivity (Wildman–Crippen MR) is 139 cm³/mol. The summed E-state index contributed by atoms with van der Waals surface area (Å²) in [6, 6.07) is 3.85. The molecule has 0 aliphatic carbocycles. The van der Waals surface area contributed by atoms with E-state index in [1.165, 1.54) is 31.8 Å². The molecule has 1 fully saturated rings. The summed E-state index contributed by atoms with van der Waals surface area (Å²) in [7, 11) is 1.47. The molecule has 10 nitrogen and oxygen atoms in total. The number of anilines is 1. The molecule has 206 valence electrons. The molecule has 1 unspecified atom stereocenters. The molecule has 4 rings (SSSR count). The molecule has 3 aromatic rings. The van der Waals surface area contributed by atoms with Crippen LogP contribution < -0.4 is 14.8 Å². The Bertz CT molecular complexity index is 1380. The lowest BCUT2D eigenvalue weighted by molar-refractivity contribution is -0.122. The van der Waals surface area contributed by atoms with Gasteiger partial charge >= 0.3 is 0 Å². The Kier molecular flexibility index (Phi) is 8.26. The molecule has 1 atom stereocenters. The SMILES string of the molecule is COc1cc(Cl)c(C(=O)N2CCN(C(C)C(=O)Nc3cnc(Oc4ccc(F)cc4F)cn3)CC2(C)C)cn1. The van der Waals surface area contributed by atoms with Crippen molar-refractivity contribution < 1.29 is 27.8 Å². The summed E-state index contributed by atoms with van der Waals surface area (Å²) in [6.45, 7) is 6.84. The maximum Gasteiger partial charge on any atom is 0.257 e. The number of rotatable bonds is 7. The van der Waals surface area contributed by atoms with Crippen LogP contribution in [0.1, 0.15) is 31.1 Å². The zero-order valence-corrected chi connectivity index (χ0v) is 22.5. The third kappa shape index (κ3) is 6.40. The van der Waals surface area contributed by atoms with Crippen LogP contribution >= 0.6 is 11.6 Å². The summed E-state index contributed by atoms with van der Waals surface area (Å²) in [5.74, 6) is -1.92. The van der Waals surface area contributed by atoms with Gasteiger partial charge in [-0.2, -0.15) is 0 Å². The first-order valence-corrected chi connectivity index (χ1v) is 12.4. The number of hydrogen-bond acceptors (Lipinski definition) is 8. The monoisotopic (exact) mass is 560 g/mol. The van der Waals surface area contributed by atoms with Gasteiger partial charge in [-0.1, -0.05) is 11.6 Å². The minimum absolute atomic E-state index is 0.0266. The van der Waals surface area contributed by atoms with Crippen LogP contribution in [0.25, 0.3) is 0 Å². The average Bonchev–Trinajstić information content (AvgIpc) is 2.89. The third-order valence-corrected chi connectivity index (χ3v) is 6.67. The maximum atomic E-state index is 13.8. The number of halogens is 3. The molecule has 13 heteroatoms. The number of nitrogens with one attached hydrogen (secondary N) is 1. The number of carbonyl (C=O) groups is 2. The first-order chi connectivity index (χ1) is 18.5. The zero-order chi connectivity index (χ0) is 28.3. The number of amides is 2. The van der Waals surface area contributed by atoms with Gasteiger partial charge in [0.05, 0.1) is 41.7 Å². The van der Waals surface area contributed by atoms with Crippen LogP contribution in [-0.2, 0) is 4.79 Å². The molecule has 39 heavy (non-hydrogen) atoms. The van der Waals surface area contributed by atoms with Crippen molar-refractivity contribution in [2.75, 3.05) is 32.1 Å². The molecule has 0 spiro atoms. The Balaban J connectivity index is 1.36. The molecule has 1 aliphatic heterocycles. The van der Waals surface area contributed by atoms with Crippen molar-refractivity contribution in [1.29, 1.82) is 0 Å². The van der Waals surface area contributed by atoms with E-state index in [1.807, 2.05) is 18.7 Å². The molecule has 1 saturated heterocycles. The molecule has 2 amide bonds. The van der Waals surface area contributed by atoms with Crippen molar-refractivity contribution in [2.24, 2.45) is 0 Å². The van der Waals surface area contributed by atoms with Gasteiger partial charge < -0.3 is 19.7 Å². The van der Waals surface area contributed by atoms with Crippen LogP contribution in [0.4, 0.5) is 14.6 Å². The summed E-state index contributed by atoms with van der Waals surface area (Å²) in [6.07, 6.45) is 3.89. The van der Waals surface area contributed by atoms with E-state index in [0.717, 1.165) is 12.1 Å². The number of piperazine rings is 1. The Morgan fingerprint density at radius 1 is 1.08 bits per heavy atom.